The van der Waals surface area contributed by atoms with Gasteiger partial charge in [0.2, 0.25) is 0 Å². The highest BCUT2D eigenvalue weighted by molar-refractivity contribution is 6.62. The van der Waals surface area contributed by atoms with Crippen molar-refractivity contribution in [2.45, 2.75) is 50.7 Å². The number of carbonyl (C=O) groups is 1. The number of hydrogen-bond acceptors (Lipinski definition) is 4. The molecule has 2 fully saturated rings. The Kier molecular flexibility index (Phi) is 5.15. The lowest BCUT2D eigenvalue weighted by Crippen LogP contribution is -2.41. The molecule has 4 rings (SSSR count). The fourth-order valence-electron chi connectivity index (χ4n) is 4.10. The molecule has 0 spiro atoms. The number of carbonyl (C=O) groups excluding carboxylic acids is 1. The molecule has 2 aliphatic rings. The van der Waals surface area contributed by atoms with Gasteiger partial charge in [-0.2, -0.15) is 0 Å². The van der Waals surface area contributed by atoms with E-state index in [1.165, 1.54) is 7.11 Å². The Balaban J connectivity index is 1.55. The maximum Gasteiger partial charge on any atom is 0.494 e. The zero-order valence-corrected chi connectivity index (χ0v) is 18.3. The number of hydrogen-bond donors (Lipinski definition) is 0. The Bertz CT molecular complexity index is 933. The Hall–Kier alpha value is -2.37. The lowest BCUT2D eigenvalue weighted by molar-refractivity contribution is -0.144. The van der Waals surface area contributed by atoms with Crippen molar-refractivity contribution in [1.82, 2.24) is 0 Å². The molecule has 0 bridgehead atoms. The average Bonchev–Trinajstić information content (AvgIpc) is 3.42. The van der Waals surface area contributed by atoms with Crippen LogP contribution in [0.3, 0.4) is 0 Å². The SMILES string of the molecule is COC(=O)[C@]1(c2ccc(B3OC(C)(C)C(C)(C)O3)cc2)C[C@H]1/C=C/c1ccccc1. The van der Waals surface area contributed by atoms with E-state index in [1.54, 1.807) is 0 Å². The second-order valence-electron chi connectivity index (χ2n) is 9.25. The van der Waals surface area contributed by atoms with E-state index >= 15 is 0 Å². The van der Waals surface area contributed by atoms with E-state index in [-0.39, 0.29) is 23.1 Å². The van der Waals surface area contributed by atoms with Crippen LogP contribution in [0.1, 0.15) is 45.2 Å². The summed E-state index contributed by atoms with van der Waals surface area (Å²) in [7, 11) is 1.05. The summed E-state index contributed by atoms with van der Waals surface area (Å²) in [6.07, 6.45) is 4.95. The predicted octanol–water partition coefficient (Wildman–Crippen LogP) is 4.13. The predicted molar refractivity (Wildman–Crippen MR) is 119 cm³/mol. The van der Waals surface area contributed by atoms with Crippen molar-refractivity contribution in [1.29, 1.82) is 0 Å². The van der Waals surface area contributed by atoms with Crippen LogP contribution >= 0.6 is 0 Å². The molecular formula is C25H29BO4. The highest BCUT2D eigenvalue weighted by atomic mass is 16.7. The van der Waals surface area contributed by atoms with E-state index in [4.69, 9.17) is 14.0 Å². The highest BCUT2D eigenvalue weighted by Crippen LogP contribution is 2.56. The quantitative estimate of drug-likeness (QED) is 0.555. The third kappa shape index (κ3) is 3.50. The van der Waals surface area contributed by atoms with E-state index in [0.717, 1.165) is 23.0 Å². The summed E-state index contributed by atoms with van der Waals surface area (Å²) < 4.78 is 17.5. The molecule has 0 N–H and O–H groups in total. The Morgan fingerprint density at radius 2 is 1.60 bits per heavy atom. The zero-order chi connectivity index (χ0) is 21.6. The van der Waals surface area contributed by atoms with E-state index in [1.807, 2.05) is 70.2 Å². The van der Waals surface area contributed by atoms with Gasteiger partial charge in [-0.25, -0.2) is 0 Å². The third-order valence-electron chi connectivity index (χ3n) is 6.84. The van der Waals surface area contributed by atoms with Gasteiger partial charge in [0.1, 0.15) is 0 Å². The maximum absolute atomic E-state index is 12.7. The second kappa shape index (κ2) is 7.40. The van der Waals surface area contributed by atoms with Gasteiger partial charge >= 0.3 is 13.1 Å². The summed E-state index contributed by atoms with van der Waals surface area (Å²) in [6, 6.07) is 18.1. The third-order valence-corrected chi connectivity index (χ3v) is 6.84. The van der Waals surface area contributed by atoms with Crippen molar-refractivity contribution in [2.75, 3.05) is 7.11 Å². The van der Waals surface area contributed by atoms with E-state index in [0.29, 0.717) is 0 Å². The van der Waals surface area contributed by atoms with Gasteiger partial charge < -0.3 is 14.0 Å². The van der Waals surface area contributed by atoms with Crippen molar-refractivity contribution < 1.29 is 18.8 Å². The van der Waals surface area contributed by atoms with Crippen LogP contribution in [-0.4, -0.2) is 31.4 Å². The molecule has 0 aromatic heterocycles. The summed E-state index contributed by atoms with van der Waals surface area (Å²) in [4.78, 5) is 12.7. The van der Waals surface area contributed by atoms with Crippen molar-refractivity contribution >= 4 is 24.6 Å². The summed E-state index contributed by atoms with van der Waals surface area (Å²) in [5.41, 5.74) is 1.67. The van der Waals surface area contributed by atoms with Crippen LogP contribution in [0.4, 0.5) is 0 Å². The van der Waals surface area contributed by atoms with Gasteiger partial charge in [0.25, 0.3) is 0 Å². The molecule has 1 heterocycles. The van der Waals surface area contributed by atoms with Crippen LogP contribution < -0.4 is 5.46 Å². The summed E-state index contributed by atoms with van der Waals surface area (Å²) in [5.74, 6) is -0.0681. The zero-order valence-electron chi connectivity index (χ0n) is 18.3. The molecule has 1 saturated heterocycles. The van der Waals surface area contributed by atoms with Gasteiger partial charge in [0.05, 0.1) is 23.7 Å². The highest BCUT2D eigenvalue weighted by Gasteiger charge is 2.61. The first-order valence-corrected chi connectivity index (χ1v) is 10.5. The van der Waals surface area contributed by atoms with E-state index < -0.39 is 12.5 Å². The number of rotatable bonds is 5. The number of methoxy groups -OCH3 is 1. The molecule has 0 radical (unpaired) electrons. The molecule has 2 aromatic carbocycles. The van der Waals surface area contributed by atoms with Crippen molar-refractivity contribution in [3.8, 4) is 0 Å². The minimum atomic E-state index is -0.617. The summed E-state index contributed by atoms with van der Waals surface area (Å²) in [6.45, 7) is 8.17. The Morgan fingerprint density at radius 1 is 1.00 bits per heavy atom. The molecule has 156 valence electrons. The van der Waals surface area contributed by atoms with E-state index in [9.17, 15) is 4.79 Å². The molecular weight excluding hydrogens is 375 g/mol. The van der Waals surface area contributed by atoms with Gasteiger partial charge in [0.15, 0.2) is 0 Å². The average molecular weight is 404 g/mol. The molecule has 1 aliphatic heterocycles. The van der Waals surface area contributed by atoms with Crippen LogP contribution in [0.25, 0.3) is 6.08 Å². The van der Waals surface area contributed by atoms with Gasteiger partial charge in [-0.3, -0.25) is 4.79 Å². The van der Waals surface area contributed by atoms with Crippen LogP contribution in [0.2, 0.25) is 0 Å². The molecule has 1 aliphatic carbocycles. The molecule has 2 aromatic rings. The lowest BCUT2D eigenvalue weighted by atomic mass is 9.78. The van der Waals surface area contributed by atoms with Crippen LogP contribution in [0.5, 0.6) is 0 Å². The summed E-state index contributed by atoms with van der Waals surface area (Å²) >= 11 is 0. The monoisotopic (exact) mass is 404 g/mol. The topological polar surface area (TPSA) is 44.8 Å². The standard InChI is InChI=1S/C25H29BO4/c1-23(2)24(3,4)30-26(29-23)21-15-13-19(14-16-21)25(22(27)28-5)17-20(25)12-11-18-9-7-6-8-10-18/h6-16,20H,17H2,1-5H3/b12-11+/t20-,25+/m1/s1. The second-order valence-corrected chi connectivity index (χ2v) is 9.25. The normalized spacial score (nSPS) is 26.7. The fourth-order valence-corrected chi connectivity index (χ4v) is 4.10. The smallest absolute Gasteiger partial charge is 0.468 e. The number of ether oxygens (including phenoxy) is 1. The molecule has 2 atom stereocenters. The Morgan fingerprint density at radius 3 is 2.17 bits per heavy atom. The van der Waals surface area contributed by atoms with Crippen molar-refractivity contribution in [3.05, 3.63) is 71.8 Å². The van der Waals surface area contributed by atoms with E-state index in [2.05, 4.69) is 24.3 Å². The van der Waals surface area contributed by atoms with Crippen LogP contribution in [-0.2, 0) is 24.3 Å². The molecule has 30 heavy (non-hydrogen) atoms. The largest absolute Gasteiger partial charge is 0.494 e. The van der Waals surface area contributed by atoms with Gasteiger partial charge in [-0.05, 0) is 56.6 Å². The van der Waals surface area contributed by atoms with Gasteiger partial charge in [-0.15, -0.1) is 0 Å². The van der Waals surface area contributed by atoms with Crippen LogP contribution in [0.15, 0.2) is 60.7 Å². The first-order valence-electron chi connectivity index (χ1n) is 10.5. The minimum absolute atomic E-state index is 0.118. The lowest BCUT2D eigenvalue weighted by Gasteiger charge is -2.32. The molecule has 4 nitrogen and oxygen atoms in total. The van der Waals surface area contributed by atoms with Gasteiger partial charge in [-0.1, -0.05) is 66.7 Å². The molecule has 5 heteroatoms. The first-order chi connectivity index (χ1) is 14.2. The maximum atomic E-state index is 12.7. The molecule has 0 unspecified atom stereocenters. The number of benzene rings is 2. The fraction of sp³-hybridized carbons (Fsp3) is 0.400. The Labute approximate surface area is 179 Å². The minimum Gasteiger partial charge on any atom is -0.468 e. The number of esters is 1. The molecule has 0 amide bonds. The van der Waals surface area contributed by atoms with Gasteiger partial charge in [0, 0.05) is 0 Å². The molecule has 1 saturated carbocycles. The number of allylic oxidation sites excluding steroid dienone is 1. The van der Waals surface area contributed by atoms with Crippen LogP contribution in [0, 0.1) is 5.92 Å². The first kappa shape index (κ1) is 20.9. The van der Waals surface area contributed by atoms with Crippen molar-refractivity contribution in [2.24, 2.45) is 5.92 Å². The summed E-state index contributed by atoms with van der Waals surface area (Å²) in [5, 5.41) is 0. The van der Waals surface area contributed by atoms with Crippen molar-refractivity contribution in [3.63, 3.8) is 0 Å².